The largest absolute Gasteiger partial charge is 0.277 e. The van der Waals surface area contributed by atoms with Crippen LogP contribution >= 0.6 is 0 Å². The Morgan fingerprint density at radius 3 is 1.78 bits per heavy atom. The van der Waals surface area contributed by atoms with Crippen LogP contribution in [0.2, 0.25) is 0 Å². The van der Waals surface area contributed by atoms with Gasteiger partial charge in [-0.3, -0.25) is 8.80 Å². The molecule has 10 rings (SSSR count). The highest BCUT2D eigenvalue weighted by Crippen LogP contribution is 2.42. The van der Waals surface area contributed by atoms with E-state index in [1.165, 1.54) is 76.7 Å². The molecule has 0 saturated carbocycles. The van der Waals surface area contributed by atoms with Gasteiger partial charge in [0.1, 0.15) is 0 Å². The first-order valence-corrected chi connectivity index (χ1v) is 15.7. The van der Waals surface area contributed by atoms with Gasteiger partial charge in [0, 0.05) is 10.8 Å². The summed E-state index contributed by atoms with van der Waals surface area (Å²) in [4.78, 5) is 5.31. The van der Waals surface area contributed by atoms with Gasteiger partial charge in [-0.1, -0.05) is 105 Å². The van der Waals surface area contributed by atoms with Crippen molar-refractivity contribution in [2.45, 2.75) is 19.8 Å². The Kier molecular flexibility index (Phi) is 4.91. The number of hydrogen-bond donors (Lipinski definition) is 0. The maximum absolute atomic E-state index is 5.31. The predicted molar refractivity (Wildman–Crippen MR) is 190 cm³/mol. The monoisotopic (exact) mass is 575 g/mol. The van der Waals surface area contributed by atoms with Gasteiger partial charge in [-0.25, -0.2) is 4.98 Å². The molecule has 0 radical (unpaired) electrons. The number of imidazole rings is 2. The molecule has 0 aliphatic rings. The summed E-state index contributed by atoms with van der Waals surface area (Å²) < 4.78 is 4.77. The molecule has 0 aliphatic carbocycles. The Morgan fingerprint density at radius 2 is 1.07 bits per heavy atom. The molecule has 0 bridgehead atoms. The minimum absolute atomic E-state index is 0.414. The molecule has 3 heterocycles. The molecule has 3 aromatic heterocycles. The molecule has 10 aromatic rings. The standard InChI is InChI=1S/C42H29N3/c1-25(2)31-16-32(26-10-4-3-5-11-26)18-33(17-31)34-20-36-35-19-27-12-6-8-14-29(27)22-38(35)45-41(36)40(24-34)44-39-23-30-15-9-7-13-28(30)21-37(39)43-42(44)45/h3-25H,1-2H3. The van der Waals surface area contributed by atoms with Gasteiger partial charge in [0.25, 0.3) is 0 Å². The molecular weight excluding hydrogens is 546 g/mol. The summed E-state index contributed by atoms with van der Waals surface area (Å²) in [5.41, 5.74) is 12.1. The van der Waals surface area contributed by atoms with Gasteiger partial charge in [0.15, 0.2) is 0 Å². The Labute approximate surface area is 259 Å². The number of rotatable bonds is 3. The summed E-state index contributed by atoms with van der Waals surface area (Å²) in [6.07, 6.45) is 0. The van der Waals surface area contributed by atoms with Crippen LogP contribution in [0.3, 0.4) is 0 Å². The van der Waals surface area contributed by atoms with Crippen LogP contribution in [0, 0.1) is 0 Å². The predicted octanol–water partition coefficient (Wildman–Crippen LogP) is 11.2. The van der Waals surface area contributed by atoms with Crippen LogP contribution in [0.15, 0.2) is 133 Å². The lowest BCUT2D eigenvalue weighted by molar-refractivity contribution is 0.867. The van der Waals surface area contributed by atoms with Crippen LogP contribution < -0.4 is 0 Å². The average Bonchev–Trinajstić information content (AvgIpc) is 3.71. The third-order valence-corrected chi connectivity index (χ3v) is 9.72. The molecule has 3 heteroatoms. The quantitative estimate of drug-likeness (QED) is 0.205. The van der Waals surface area contributed by atoms with E-state index in [0.29, 0.717) is 5.92 Å². The van der Waals surface area contributed by atoms with Crippen molar-refractivity contribution in [2.75, 3.05) is 0 Å². The van der Waals surface area contributed by atoms with Crippen molar-refractivity contribution in [2.24, 2.45) is 0 Å². The first-order chi connectivity index (χ1) is 22.1. The molecule has 0 spiro atoms. The minimum atomic E-state index is 0.414. The van der Waals surface area contributed by atoms with E-state index in [2.05, 4.69) is 156 Å². The van der Waals surface area contributed by atoms with Gasteiger partial charge in [0.05, 0.1) is 27.6 Å². The zero-order chi connectivity index (χ0) is 29.8. The molecule has 0 saturated heterocycles. The lowest BCUT2D eigenvalue weighted by atomic mass is 9.91. The van der Waals surface area contributed by atoms with Crippen molar-refractivity contribution in [3.8, 4) is 22.3 Å². The topological polar surface area (TPSA) is 21.7 Å². The van der Waals surface area contributed by atoms with E-state index in [-0.39, 0.29) is 0 Å². The molecular formula is C42H29N3. The summed E-state index contributed by atoms with van der Waals surface area (Å²) in [5.74, 6) is 1.38. The fourth-order valence-corrected chi connectivity index (χ4v) is 7.44. The van der Waals surface area contributed by atoms with E-state index in [1.807, 2.05) is 0 Å². The molecule has 45 heavy (non-hydrogen) atoms. The van der Waals surface area contributed by atoms with Crippen LogP contribution in [-0.2, 0) is 0 Å². The first-order valence-electron chi connectivity index (χ1n) is 15.7. The van der Waals surface area contributed by atoms with Crippen molar-refractivity contribution < 1.29 is 0 Å². The van der Waals surface area contributed by atoms with E-state index < -0.39 is 0 Å². The minimum Gasteiger partial charge on any atom is -0.277 e. The maximum Gasteiger partial charge on any atom is 0.220 e. The highest BCUT2D eigenvalue weighted by Gasteiger charge is 2.23. The maximum atomic E-state index is 5.31. The molecule has 212 valence electrons. The smallest absolute Gasteiger partial charge is 0.220 e. The van der Waals surface area contributed by atoms with E-state index in [4.69, 9.17) is 4.98 Å². The normalized spacial score (nSPS) is 12.4. The van der Waals surface area contributed by atoms with Crippen molar-refractivity contribution in [3.63, 3.8) is 0 Å². The summed E-state index contributed by atoms with van der Waals surface area (Å²) >= 11 is 0. The third kappa shape index (κ3) is 3.49. The van der Waals surface area contributed by atoms with E-state index >= 15 is 0 Å². The molecule has 0 N–H and O–H groups in total. The third-order valence-electron chi connectivity index (χ3n) is 9.72. The lowest BCUT2D eigenvalue weighted by Gasteiger charge is -2.13. The number of benzene rings is 7. The summed E-state index contributed by atoms with van der Waals surface area (Å²) in [5, 5.41) is 7.46. The highest BCUT2D eigenvalue weighted by molar-refractivity contribution is 6.20. The molecule has 0 aliphatic heterocycles. The molecule has 0 unspecified atom stereocenters. The van der Waals surface area contributed by atoms with Gasteiger partial charge in [0.2, 0.25) is 5.78 Å². The fourth-order valence-electron chi connectivity index (χ4n) is 7.44. The molecule has 0 fully saturated rings. The van der Waals surface area contributed by atoms with Crippen molar-refractivity contribution in [1.29, 1.82) is 0 Å². The molecule has 3 nitrogen and oxygen atoms in total. The van der Waals surface area contributed by atoms with Crippen LogP contribution in [0.25, 0.3) is 87.9 Å². The Bertz CT molecular complexity index is 2780. The summed E-state index contributed by atoms with van der Waals surface area (Å²) in [6.45, 7) is 4.56. The summed E-state index contributed by atoms with van der Waals surface area (Å²) in [6, 6.07) is 49.1. The zero-order valence-electron chi connectivity index (χ0n) is 25.1. The van der Waals surface area contributed by atoms with Crippen LogP contribution in [0.1, 0.15) is 25.3 Å². The Morgan fingerprint density at radius 1 is 0.467 bits per heavy atom. The number of fused-ring (bicyclic) bond motifs is 10. The first kappa shape index (κ1) is 24.7. The van der Waals surface area contributed by atoms with Gasteiger partial charge in [-0.2, -0.15) is 0 Å². The Balaban J connectivity index is 1.37. The molecule has 0 amide bonds. The summed E-state index contributed by atoms with van der Waals surface area (Å²) in [7, 11) is 0. The molecule has 7 aromatic carbocycles. The van der Waals surface area contributed by atoms with E-state index in [9.17, 15) is 0 Å². The number of nitrogens with zero attached hydrogens (tertiary/aromatic N) is 3. The highest BCUT2D eigenvalue weighted by atomic mass is 15.2. The fraction of sp³-hybridized carbons (Fsp3) is 0.0714. The second-order valence-electron chi connectivity index (χ2n) is 12.7. The number of aromatic nitrogens is 3. The van der Waals surface area contributed by atoms with Crippen molar-refractivity contribution in [1.82, 2.24) is 13.8 Å². The van der Waals surface area contributed by atoms with Gasteiger partial charge < -0.3 is 0 Å². The van der Waals surface area contributed by atoms with Gasteiger partial charge in [-0.15, -0.1) is 0 Å². The van der Waals surface area contributed by atoms with E-state index in [1.54, 1.807) is 0 Å². The van der Waals surface area contributed by atoms with Crippen molar-refractivity contribution >= 4 is 65.7 Å². The van der Waals surface area contributed by atoms with Crippen LogP contribution in [-0.4, -0.2) is 13.8 Å². The van der Waals surface area contributed by atoms with E-state index in [0.717, 1.165) is 16.8 Å². The zero-order valence-corrected chi connectivity index (χ0v) is 25.1. The average molecular weight is 576 g/mol. The van der Waals surface area contributed by atoms with Gasteiger partial charge >= 0.3 is 0 Å². The second kappa shape index (κ2) is 8.93. The Hall–Kier alpha value is -5.67. The van der Waals surface area contributed by atoms with Gasteiger partial charge in [-0.05, 0) is 97.7 Å². The number of hydrogen-bond acceptors (Lipinski definition) is 1. The molecule has 0 atom stereocenters. The van der Waals surface area contributed by atoms with Crippen molar-refractivity contribution in [3.05, 3.63) is 139 Å². The SMILES string of the molecule is CC(C)c1cc(-c2ccccc2)cc(-c2cc3c4cc5ccccc5cc4n4c3c(c2)n2c3cc5ccccc5cc3nc24)c1. The van der Waals surface area contributed by atoms with Crippen LogP contribution in [0.5, 0.6) is 0 Å². The lowest BCUT2D eigenvalue weighted by Crippen LogP contribution is -1.92. The van der Waals surface area contributed by atoms with Crippen LogP contribution in [0.4, 0.5) is 0 Å². The second-order valence-corrected chi connectivity index (χ2v) is 12.7.